The molecule has 0 fully saturated rings. The summed E-state index contributed by atoms with van der Waals surface area (Å²) in [7, 11) is 0. The van der Waals surface area contributed by atoms with Gasteiger partial charge in [0.2, 0.25) is 5.89 Å². The molecule has 0 radical (unpaired) electrons. The maximum absolute atomic E-state index is 8.63. The fourth-order valence-electron chi connectivity index (χ4n) is 1.50. The molecule has 0 saturated carbocycles. The van der Waals surface area contributed by atoms with Crippen LogP contribution in [0.4, 0.5) is 0 Å². The molecule has 0 amide bonds. The van der Waals surface area contributed by atoms with E-state index in [0.29, 0.717) is 22.4 Å². The van der Waals surface area contributed by atoms with Gasteiger partial charge in [0, 0.05) is 11.1 Å². The number of halogens is 1. The Labute approximate surface area is 110 Å². The average molecular weight is 259 g/mol. The minimum absolute atomic E-state index is 0.268. The van der Waals surface area contributed by atoms with Gasteiger partial charge in [-0.25, -0.2) is 4.98 Å². The van der Waals surface area contributed by atoms with Crippen LogP contribution in [0, 0.1) is 18.3 Å². The zero-order valence-corrected chi connectivity index (χ0v) is 10.6. The Kier molecular flexibility index (Phi) is 3.81. The van der Waals surface area contributed by atoms with Crippen LogP contribution in [0.25, 0.3) is 12.2 Å². The van der Waals surface area contributed by atoms with Crippen molar-refractivity contribution < 1.29 is 4.42 Å². The van der Waals surface area contributed by atoms with Crippen LogP contribution >= 0.6 is 11.6 Å². The van der Waals surface area contributed by atoms with Gasteiger partial charge in [0.15, 0.2) is 0 Å². The third kappa shape index (κ3) is 2.99. The molecule has 18 heavy (non-hydrogen) atoms. The second kappa shape index (κ2) is 5.52. The summed E-state index contributed by atoms with van der Waals surface area (Å²) < 4.78 is 5.44. The third-order valence-corrected chi connectivity index (χ3v) is 2.70. The summed E-state index contributed by atoms with van der Waals surface area (Å²) in [6, 6.07) is 9.52. The highest BCUT2D eigenvalue weighted by atomic mass is 35.5. The molecule has 0 N–H and O–H groups in total. The fourth-order valence-corrected chi connectivity index (χ4v) is 1.63. The van der Waals surface area contributed by atoms with Crippen LogP contribution < -0.4 is 0 Å². The van der Waals surface area contributed by atoms with E-state index >= 15 is 0 Å². The quantitative estimate of drug-likeness (QED) is 0.840. The van der Waals surface area contributed by atoms with Crippen molar-refractivity contribution in [1.29, 1.82) is 5.26 Å². The van der Waals surface area contributed by atoms with Crippen LogP contribution in [0.2, 0.25) is 5.02 Å². The van der Waals surface area contributed by atoms with Crippen LogP contribution in [0.1, 0.15) is 22.9 Å². The predicted octanol–water partition coefficient (Wildman–Crippen LogP) is 3.87. The molecule has 90 valence electrons. The normalized spacial score (nSPS) is 10.7. The average Bonchev–Trinajstić information content (AvgIpc) is 2.70. The Morgan fingerprint density at radius 3 is 2.72 bits per heavy atom. The van der Waals surface area contributed by atoms with E-state index in [4.69, 9.17) is 21.3 Å². The summed E-state index contributed by atoms with van der Waals surface area (Å²) in [5, 5.41) is 9.33. The summed E-state index contributed by atoms with van der Waals surface area (Å²) in [5.41, 5.74) is 1.70. The third-order valence-electron chi connectivity index (χ3n) is 2.44. The molecule has 3 nitrogen and oxygen atoms in total. The van der Waals surface area contributed by atoms with Gasteiger partial charge in [-0.2, -0.15) is 5.26 Å². The second-order valence-corrected chi connectivity index (χ2v) is 4.21. The van der Waals surface area contributed by atoms with Crippen molar-refractivity contribution in [3.05, 3.63) is 52.2 Å². The van der Waals surface area contributed by atoms with Crippen molar-refractivity contribution in [1.82, 2.24) is 4.98 Å². The van der Waals surface area contributed by atoms with E-state index in [1.165, 1.54) is 0 Å². The van der Waals surface area contributed by atoms with Crippen molar-refractivity contribution in [3.63, 3.8) is 0 Å². The molecular weight excluding hydrogens is 248 g/mol. The number of hydrogen-bond acceptors (Lipinski definition) is 3. The Hall–Kier alpha value is -2.05. The van der Waals surface area contributed by atoms with Gasteiger partial charge < -0.3 is 4.42 Å². The number of nitrogens with zero attached hydrogens (tertiary/aromatic N) is 2. The molecule has 0 aliphatic rings. The summed E-state index contributed by atoms with van der Waals surface area (Å²) in [5.74, 6) is 1.19. The van der Waals surface area contributed by atoms with Crippen LogP contribution in [-0.2, 0) is 6.42 Å². The van der Waals surface area contributed by atoms with Crippen LogP contribution in [0.5, 0.6) is 0 Å². The molecule has 0 aliphatic carbocycles. The number of nitriles is 1. The molecule has 1 aromatic carbocycles. The van der Waals surface area contributed by atoms with E-state index < -0.39 is 0 Å². The lowest BCUT2D eigenvalue weighted by molar-refractivity contribution is 0.515. The summed E-state index contributed by atoms with van der Waals surface area (Å²) in [4.78, 5) is 4.23. The van der Waals surface area contributed by atoms with E-state index in [1.807, 2.05) is 30.3 Å². The molecule has 0 unspecified atom stereocenters. The fraction of sp³-hybridized carbons (Fsp3) is 0.143. The van der Waals surface area contributed by atoms with Crippen LogP contribution in [0.15, 0.2) is 28.7 Å². The Bertz CT molecular complexity index is 606. The van der Waals surface area contributed by atoms with Gasteiger partial charge in [-0.05, 0) is 30.7 Å². The minimum atomic E-state index is 0.268. The van der Waals surface area contributed by atoms with Crippen LogP contribution in [-0.4, -0.2) is 4.98 Å². The number of aryl methyl sites for hydroxylation is 1. The number of oxazole rings is 1. The van der Waals surface area contributed by atoms with Crippen molar-refractivity contribution in [2.75, 3.05) is 0 Å². The lowest BCUT2D eigenvalue weighted by Gasteiger charge is -1.92. The summed E-state index contributed by atoms with van der Waals surface area (Å²) in [6.07, 6.45) is 3.93. The molecule has 4 heteroatoms. The molecule has 2 rings (SSSR count). The lowest BCUT2D eigenvalue weighted by Crippen LogP contribution is -1.83. The first-order valence-corrected chi connectivity index (χ1v) is 5.84. The minimum Gasteiger partial charge on any atom is -0.442 e. The maximum Gasteiger partial charge on any atom is 0.219 e. The smallest absolute Gasteiger partial charge is 0.219 e. The molecule has 0 bridgehead atoms. The standard InChI is InChI=1S/C14H11ClN2O/c1-10-13(8-9-16)17-14(18-10)7-4-11-2-5-12(15)6-3-11/h2-7H,8H2,1H3. The van der Waals surface area contributed by atoms with Gasteiger partial charge in [-0.15, -0.1) is 0 Å². The van der Waals surface area contributed by atoms with E-state index in [0.717, 1.165) is 5.56 Å². The molecule has 0 spiro atoms. The first-order chi connectivity index (χ1) is 8.69. The molecule has 2 aromatic rings. The largest absolute Gasteiger partial charge is 0.442 e. The van der Waals surface area contributed by atoms with E-state index in [1.54, 1.807) is 13.0 Å². The highest BCUT2D eigenvalue weighted by molar-refractivity contribution is 6.30. The Morgan fingerprint density at radius 2 is 2.06 bits per heavy atom. The van der Waals surface area contributed by atoms with E-state index in [9.17, 15) is 0 Å². The number of aromatic nitrogens is 1. The Balaban J connectivity index is 2.16. The second-order valence-electron chi connectivity index (χ2n) is 3.77. The van der Waals surface area contributed by atoms with Gasteiger partial charge in [-0.1, -0.05) is 23.7 Å². The highest BCUT2D eigenvalue weighted by Gasteiger charge is 2.06. The maximum atomic E-state index is 8.63. The van der Waals surface area contributed by atoms with Gasteiger partial charge in [0.25, 0.3) is 0 Å². The summed E-state index contributed by atoms with van der Waals surface area (Å²) in [6.45, 7) is 1.80. The molecule has 0 saturated heterocycles. The van der Waals surface area contributed by atoms with Crippen molar-refractivity contribution in [2.24, 2.45) is 0 Å². The van der Waals surface area contributed by atoms with Gasteiger partial charge in [0.05, 0.1) is 18.2 Å². The van der Waals surface area contributed by atoms with Crippen molar-refractivity contribution in [2.45, 2.75) is 13.3 Å². The molecule has 1 aromatic heterocycles. The van der Waals surface area contributed by atoms with Gasteiger partial charge >= 0.3 is 0 Å². The van der Waals surface area contributed by atoms with Gasteiger partial charge in [-0.3, -0.25) is 0 Å². The van der Waals surface area contributed by atoms with Crippen LogP contribution in [0.3, 0.4) is 0 Å². The molecule has 0 atom stereocenters. The first kappa shape index (κ1) is 12.4. The monoisotopic (exact) mass is 258 g/mol. The first-order valence-electron chi connectivity index (χ1n) is 5.46. The number of benzene rings is 1. The zero-order valence-electron chi connectivity index (χ0n) is 9.85. The van der Waals surface area contributed by atoms with Crippen molar-refractivity contribution in [3.8, 4) is 6.07 Å². The Morgan fingerprint density at radius 1 is 1.33 bits per heavy atom. The topological polar surface area (TPSA) is 49.8 Å². The summed E-state index contributed by atoms with van der Waals surface area (Å²) >= 11 is 5.80. The lowest BCUT2D eigenvalue weighted by atomic mass is 10.2. The molecular formula is C14H11ClN2O. The van der Waals surface area contributed by atoms with Crippen molar-refractivity contribution >= 4 is 23.8 Å². The predicted molar refractivity (Wildman–Crippen MR) is 70.9 cm³/mol. The zero-order chi connectivity index (χ0) is 13.0. The van der Waals surface area contributed by atoms with E-state index in [2.05, 4.69) is 11.1 Å². The molecule has 0 aliphatic heterocycles. The SMILES string of the molecule is Cc1oc(C=Cc2ccc(Cl)cc2)nc1CC#N. The van der Waals surface area contributed by atoms with Gasteiger partial charge in [0.1, 0.15) is 5.76 Å². The number of rotatable bonds is 3. The highest BCUT2D eigenvalue weighted by Crippen LogP contribution is 2.15. The number of hydrogen-bond donors (Lipinski definition) is 0. The van der Waals surface area contributed by atoms with E-state index in [-0.39, 0.29) is 6.42 Å². The molecule has 1 heterocycles.